The summed E-state index contributed by atoms with van der Waals surface area (Å²) >= 11 is 6.35. The molecule has 0 spiro atoms. The second kappa shape index (κ2) is 8.86. The Balaban J connectivity index is 1.58. The van der Waals surface area contributed by atoms with Crippen molar-refractivity contribution in [2.24, 2.45) is 0 Å². The Hall–Kier alpha value is -2.40. The average molecular weight is 478 g/mol. The average Bonchev–Trinajstić information content (AvgIpc) is 3.07. The van der Waals surface area contributed by atoms with Crippen LogP contribution in [-0.2, 0) is 6.18 Å². The smallest absolute Gasteiger partial charge is 0.391 e. The highest BCUT2D eigenvalue weighted by molar-refractivity contribution is 6.33. The van der Waals surface area contributed by atoms with Crippen molar-refractivity contribution < 1.29 is 27.1 Å². The minimum atomic E-state index is -4.79. The van der Waals surface area contributed by atoms with Crippen LogP contribution in [0.4, 0.5) is 45.1 Å². The zero-order valence-corrected chi connectivity index (χ0v) is 17.5. The van der Waals surface area contributed by atoms with Gasteiger partial charge in [-0.25, -0.2) is 13.8 Å². The van der Waals surface area contributed by atoms with Crippen LogP contribution in [0.2, 0.25) is 5.02 Å². The van der Waals surface area contributed by atoms with E-state index in [1.165, 1.54) is 0 Å². The molecule has 1 aromatic carbocycles. The lowest BCUT2D eigenvalue weighted by atomic mass is 10.1. The summed E-state index contributed by atoms with van der Waals surface area (Å²) < 4.78 is 67.4. The van der Waals surface area contributed by atoms with Gasteiger partial charge in [0, 0.05) is 25.0 Å². The molecule has 2 N–H and O–H groups in total. The van der Waals surface area contributed by atoms with Gasteiger partial charge in [0.1, 0.15) is 11.4 Å². The largest absolute Gasteiger partial charge is 0.421 e. The first-order chi connectivity index (χ1) is 15.1. The monoisotopic (exact) mass is 477 g/mol. The third kappa shape index (κ3) is 4.83. The molecule has 174 valence electrons. The molecule has 1 unspecified atom stereocenters. The summed E-state index contributed by atoms with van der Waals surface area (Å²) in [6, 6.07) is 5.07. The molecule has 12 heteroatoms. The molecule has 0 aliphatic carbocycles. The summed E-state index contributed by atoms with van der Waals surface area (Å²) in [6.45, 7) is 0.192. The van der Waals surface area contributed by atoms with E-state index in [1.54, 1.807) is 18.2 Å². The van der Waals surface area contributed by atoms with Crippen LogP contribution in [0.5, 0.6) is 0 Å². The van der Waals surface area contributed by atoms with Crippen molar-refractivity contribution in [1.29, 1.82) is 0 Å². The summed E-state index contributed by atoms with van der Waals surface area (Å²) in [5, 5.41) is 12.9. The summed E-state index contributed by atoms with van der Waals surface area (Å²) in [6.07, 6.45) is -6.82. The molecule has 0 radical (unpaired) electrons. The molecular formula is C20H21ClF5N5O. The molecule has 3 heterocycles. The molecule has 2 aliphatic heterocycles. The van der Waals surface area contributed by atoms with Crippen LogP contribution < -0.4 is 15.1 Å². The molecule has 4 rings (SSSR count). The molecule has 0 saturated carbocycles. The molecule has 0 bridgehead atoms. The normalized spacial score (nSPS) is 24.2. The fourth-order valence-corrected chi connectivity index (χ4v) is 4.11. The van der Waals surface area contributed by atoms with Gasteiger partial charge in [-0.05, 0) is 31.0 Å². The van der Waals surface area contributed by atoms with Gasteiger partial charge >= 0.3 is 6.18 Å². The number of benzene rings is 1. The van der Waals surface area contributed by atoms with Gasteiger partial charge in [-0.3, -0.25) is 0 Å². The second-order valence-corrected chi connectivity index (χ2v) is 8.30. The predicted octanol–water partition coefficient (Wildman–Crippen LogP) is 4.35. The first kappa shape index (κ1) is 22.8. The molecule has 3 atom stereocenters. The van der Waals surface area contributed by atoms with E-state index in [0.717, 1.165) is 30.0 Å². The number of alkyl halides is 5. The van der Waals surface area contributed by atoms with E-state index in [0.29, 0.717) is 18.4 Å². The number of anilines is 4. The number of halogens is 6. The van der Waals surface area contributed by atoms with E-state index < -0.39 is 49.1 Å². The lowest BCUT2D eigenvalue weighted by Crippen LogP contribution is -2.38. The lowest BCUT2D eigenvalue weighted by Gasteiger charge is -2.32. The lowest BCUT2D eigenvalue weighted by molar-refractivity contribution is -0.137. The number of β-amino-alcohol motifs (C(OH)–C–C–N with tert-alkyl or cyclic N) is 1. The number of aliphatic hydroxyl groups is 1. The number of piperidine rings is 1. The minimum Gasteiger partial charge on any atom is -0.391 e. The van der Waals surface area contributed by atoms with Gasteiger partial charge in [0.25, 0.3) is 0 Å². The maximum atomic E-state index is 13.6. The van der Waals surface area contributed by atoms with Gasteiger partial charge in [0.2, 0.25) is 5.95 Å². The highest BCUT2D eigenvalue weighted by Crippen LogP contribution is 2.38. The standard InChI is InChI=1S/C20H21ClF5N5O/c21-14-6-11(30-5-1-2-12(32)8-30)3-4-17(14)28-19-27-7-13(20(24,25)26)18(29-19)31-9-15(22)16(23)10-31/h3-4,6-7,12,15-16,32H,1-2,5,8-10H2,(H,27,28,29)/t12?,15-,16-/m0/s1. The first-order valence-electron chi connectivity index (χ1n) is 10.1. The Morgan fingerprint density at radius 1 is 1.09 bits per heavy atom. The summed E-state index contributed by atoms with van der Waals surface area (Å²) in [4.78, 5) is 10.5. The third-order valence-electron chi connectivity index (χ3n) is 5.52. The molecule has 1 aromatic heterocycles. The van der Waals surface area contributed by atoms with Gasteiger partial charge in [-0.2, -0.15) is 18.2 Å². The van der Waals surface area contributed by atoms with Crippen LogP contribution in [0.25, 0.3) is 0 Å². The van der Waals surface area contributed by atoms with E-state index in [9.17, 15) is 27.1 Å². The molecule has 32 heavy (non-hydrogen) atoms. The van der Waals surface area contributed by atoms with Crippen molar-refractivity contribution in [3.63, 3.8) is 0 Å². The van der Waals surface area contributed by atoms with Gasteiger partial charge in [0.05, 0.1) is 29.9 Å². The zero-order valence-electron chi connectivity index (χ0n) is 16.8. The number of nitrogens with one attached hydrogen (secondary N) is 1. The predicted molar refractivity (Wildman–Crippen MR) is 111 cm³/mol. The zero-order chi connectivity index (χ0) is 23.0. The third-order valence-corrected chi connectivity index (χ3v) is 5.83. The van der Waals surface area contributed by atoms with Crippen LogP contribution in [0.1, 0.15) is 18.4 Å². The number of hydrogen-bond acceptors (Lipinski definition) is 6. The molecule has 0 amide bonds. The molecule has 2 fully saturated rings. The summed E-state index contributed by atoms with van der Waals surface area (Å²) in [5.41, 5.74) is -0.0188. The van der Waals surface area contributed by atoms with E-state index in [4.69, 9.17) is 11.6 Å². The van der Waals surface area contributed by atoms with Crippen LogP contribution in [-0.4, -0.2) is 59.7 Å². The van der Waals surface area contributed by atoms with Crippen molar-refractivity contribution in [3.8, 4) is 0 Å². The fraction of sp³-hybridized carbons (Fsp3) is 0.500. The van der Waals surface area contributed by atoms with Crippen molar-refractivity contribution >= 4 is 34.7 Å². The van der Waals surface area contributed by atoms with E-state index in [2.05, 4.69) is 15.3 Å². The van der Waals surface area contributed by atoms with E-state index in [1.807, 2.05) is 4.90 Å². The van der Waals surface area contributed by atoms with Gasteiger partial charge in [0.15, 0.2) is 12.3 Å². The van der Waals surface area contributed by atoms with Crippen LogP contribution in [0, 0.1) is 0 Å². The minimum absolute atomic E-state index is 0.186. The topological polar surface area (TPSA) is 64.5 Å². The maximum Gasteiger partial charge on any atom is 0.421 e. The van der Waals surface area contributed by atoms with Crippen molar-refractivity contribution in [1.82, 2.24) is 9.97 Å². The van der Waals surface area contributed by atoms with Gasteiger partial charge in [-0.15, -0.1) is 0 Å². The van der Waals surface area contributed by atoms with E-state index >= 15 is 0 Å². The Morgan fingerprint density at radius 3 is 2.44 bits per heavy atom. The number of aromatic nitrogens is 2. The van der Waals surface area contributed by atoms with Crippen LogP contribution in [0.15, 0.2) is 24.4 Å². The molecular weight excluding hydrogens is 457 g/mol. The summed E-state index contributed by atoms with van der Waals surface area (Å²) in [5.74, 6) is -0.776. The Morgan fingerprint density at radius 2 is 1.81 bits per heavy atom. The van der Waals surface area contributed by atoms with Gasteiger partial charge in [-0.1, -0.05) is 11.6 Å². The quantitative estimate of drug-likeness (QED) is 0.638. The SMILES string of the molecule is OC1CCCN(c2ccc(Nc3ncc(C(F)(F)F)c(N4C[C@H](F)[C@@H](F)C4)n3)c(Cl)c2)C1. The fourth-order valence-electron chi connectivity index (χ4n) is 3.88. The maximum absolute atomic E-state index is 13.6. The second-order valence-electron chi connectivity index (χ2n) is 7.90. The Bertz CT molecular complexity index is 968. The van der Waals surface area contributed by atoms with Gasteiger partial charge < -0.3 is 20.2 Å². The highest BCUT2D eigenvalue weighted by atomic mass is 35.5. The molecule has 2 saturated heterocycles. The number of rotatable bonds is 4. The Kier molecular flexibility index (Phi) is 6.30. The number of hydrogen-bond donors (Lipinski definition) is 2. The molecule has 2 aromatic rings. The highest BCUT2D eigenvalue weighted by Gasteiger charge is 2.41. The Labute approximate surface area is 186 Å². The molecule has 6 nitrogen and oxygen atoms in total. The van der Waals surface area contributed by atoms with Crippen molar-refractivity contribution in [3.05, 3.63) is 35.0 Å². The van der Waals surface area contributed by atoms with E-state index in [-0.39, 0.29) is 11.0 Å². The first-order valence-corrected chi connectivity index (χ1v) is 10.5. The van der Waals surface area contributed by atoms with Crippen molar-refractivity contribution in [2.75, 3.05) is 41.3 Å². The number of aliphatic hydroxyl groups excluding tert-OH is 1. The number of nitrogens with zero attached hydrogens (tertiary/aromatic N) is 4. The van der Waals surface area contributed by atoms with Crippen molar-refractivity contribution in [2.45, 2.75) is 37.5 Å². The molecule has 2 aliphatic rings. The van der Waals surface area contributed by atoms with Crippen LogP contribution in [0.3, 0.4) is 0 Å². The van der Waals surface area contributed by atoms with Crippen LogP contribution >= 0.6 is 11.6 Å². The summed E-state index contributed by atoms with van der Waals surface area (Å²) in [7, 11) is 0.